The molecule has 3 heteroatoms. The van der Waals surface area contributed by atoms with Crippen LogP contribution in [-0.2, 0) is 9.47 Å². The molecule has 116 valence electrons. The van der Waals surface area contributed by atoms with Gasteiger partial charge in [-0.15, -0.1) is 0 Å². The quantitative estimate of drug-likeness (QED) is 0.909. The molecule has 1 aromatic carbocycles. The Balaban J connectivity index is 1.81. The topological polar surface area (TPSA) is 38.7 Å². The standard InChI is InChI=1S/C18H26O3/c1-12-8-14(3)16(9-13(12)2)17(19)15-4-6-21-18(10-15)5-7-20-11-18/h8-9,15,17,19H,4-7,10-11H2,1-3H3. The van der Waals surface area contributed by atoms with Crippen molar-refractivity contribution in [2.75, 3.05) is 19.8 Å². The van der Waals surface area contributed by atoms with Crippen LogP contribution < -0.4 is 0 Å². The molecule has 2 saturated heterocycles. The van der Waals surface area contributed by atoms with E-state index in [1.165, 1.54) is 16.7 Å². The minimum absolute atomic E-state index is 0.141. The third kappa shape index (κ3) is 2.87. The molecular weight excluding hydrogens is 264 g/mol. The normalized spacial score (nSPS) is 30.8. The predicted octanol–water partition coefficient (Wildman–Crippen LogP) is 3.23. The van der Waals surface area contributed by atoms with E-state index in [0.29, 0.717) is 6.61 Å². The Morgan fingerprint density at radius 2 is 1.90 bits per heavy atom. The molecule has 3 unspecified atom stereocenters. The number of hydrogen-bond donors (Lipinski definition) is 1. The van der Waals surface area contributed by atoms with Gasteiger partial charge < -0.3 is 14.6 Å². The first-order chi connectivity index (χ1) is 10.0. The van der Waals surface area contributed by atoms with Crippen molar-refractivity contribution in [3.63, 3.8) is 0 Å². The van der Waals surface area contributed by atoms with Gasteiger partial charge in [-0.3, -0.25) is 0 Å². The van der Waals surface area contributed by atoms with Crippen molar-refractivity contribution < 1.29 is 14.6 Å². The maximum absolute atomic E-state index is 10.9. The number of rotatable bonds is 2. The van der Waals surface area contributed by atoms with Gasteiger partial charge in [0, 0.05) is 19.6 Å². The lowest BCUT2D eigenvalue weighted by molar-refractivity contribution is -0.117. The van der Waals surface area contributed by atoms with Crippen LogP contribution in [-0.4, -0.2) is 30.5 Å². The maximum Gasteiger partial charge on any atom is 0.0940 e. The van der Waals surface area contributed by atoms with Gasteiger partial charge >= 0.3 is 0 Å². The van der Waals surface area contributed by atoms with E-state index in [-0.39, 0.29) is 11.5 Å². The van der Waals surface area contributed by atoms with Gasteiger partial charge in [0.2, 0.25) is 0 Å². The van der Waals surface area contributed by atoms with Crippen molar-refractivity contribution in [2.24, 2.45) is 5.92 Å². The minimum Gasteiger partial charge on any atom is -0.388 e. The van der Waals surface area contributed by atoms with Crippen LogP contribution in [0.25, 0.3) is 0 Å². The SMILES string of the molecule is Cc1cc(C)c(C(O)C2CCOC3(CCOC3)C2)cc1C. The van der Waals surface area contributed by atoms with Gasteiger partial charge in [0.1, 0.15) is 0 Å². The molecule has 1 N–H and O–H groups in total. The summed E-state index contributed by atoms with van der Waals surface area (Å²) < 4.78 is 11.5. The molecule has 0 amide bonds. The molecule has 0 aliphatic carbocycles. The first-order valence-corrected chi connectivity index (χ1v) is 7.98. The predicted molar refractivity (Wildman–Crippen MR) is 82.5 cm³/mol. The second-order valence-electron chi connectivity index (χ2n) is 6.82. The van der Waals surface area contributed by atoms with Gasteiger partial charge in [0.15, 0.2) is 0 Å². The molecule has 0 bridgehead atoms. The van der Waals surface area contributed by atoms with E-state index in [0.717, 1.165) is 38.0 Å². The van der Waals surface area contributed by atoms with E-state index >= 15 is 0 Å². The second-order valence-corrected chi connectivity index (χ2v) is 6.82. The van der Waals surface area contributed by atoms with Crippen LogP contribution in [0.3, 0.4) is 0 Å². The van der Waals surface area contributed by atoms with Gasteiger partial charge in [-0.2, -0.15) is 0 Å². The van der Waals surface area contributed by atoms with Gasteiger partial charge in [-0.05, 0) is 61.8 Å². The molecule has 2 aliphatic rings. The fourth-order valence-corrected chi connectivity index (χ4v) is 3.75. The molecule has 2 heterocycles. The number of aryl methyl sites for hydroxylation is 3. The molecular formula is C18H26O3. The van der Waals surface area contributed by atoms with E-state index in [1.54, 1.807) is 0 Å². The van der Waals surface area contributed by atoms with Crippen LogP contribution >= 0.6 is 0 Å². The zero-order valence-corrected chi connectivity index (χ0v) is 13.3. The summed E-state index contributed by atoms with van der Waals surface area (Å²) in [5.74, 6) is 0.265. The van der Waals surface area contributed by atoms with Crippen LogP contribution in [0.15, 0.2) is 12.1 Å². The third-order valence-corrected chi connectivity index (χ3v) is 5.25. The molecule has 0 aromatic heterocycles. The molecule has 21 heavy (non-hydrogen) atoms. The summed E-state index contributed by atoms with van der Waals surface area (Å²) >= 11 is 0. The number of ether oxygens (including phenoxy) is 2. The lowest BCUT2D eigenvalue weighted by atomic mass is 9.79. The molecule has 1 spiro atoms. The van der Waals surface area contributed by atoms with Crippen molar-refractivity contribution in [1.29, 1.82) is 0 Å². The fraction of sp³-hybridized carbons (Fsp3) is 0.667. The summed E-state index contributed by atoms with van der Waals surface area (Å²) in [7, 11) is 0. The zero-order valence-electron chi connectivity index (χ0n) is 13.3. The number of aliphatic hydroxyl groups is 1. The van der Waals surface area contributed by atoms with Gasteiger partial charge in [-0.25, -0.2) is 0 Å². The highest BCUT2D eigenvalue weighted by atomic mass is 16.6. The smallest absolute Gasteiger partial charge is 0.0940 e. The molecule has 0 radical (unpaired) electrons. The van der Waals surface area contributed by atoms with E-state index in [1.807, 2.05) is 0 Å². The first-order valence-electron chi connectivity index (χ1n) is 7.98. The van der Waals surface area contributed by atoms with E-state index in [4.69, 9.17) is 9.47 Å². The van der Waals surface area contributed by atoms with Crippen LogP contribution in [0.2, 0.25) is 0 Å². The molecule has 3 atom stereocenters. The van der Waals surface area contributed by atoms with Gasteiger partial charge in [-0.1, -0.05) is 12.1 Å². The Labute approximate surface area is 127 Å². The highest BCUT2D eigenvalue weighted by Crippen LogP contribution is 2.41. The van der Waals surface area contributed by atoms with Gasteiger partial charge in [0.05, 0.1) is 18.3 Å². The van der Waals surface area contributed by atoms with Gasteiger partial charge in [0.25, 0.3) is 0 Å². The Kier molecular flexibility index (Phi) is 4.08. The lowest BCUT2D eigenvalue weighted by Crippen LogP contribution is -2.42. The lowest BCUT2D eigenvalue weighted by Gasteiger charge is -2.39. The van der Waals surface area contributed by atoms with Crippen LogP contribution in [0.5, 0.6) is 0 Å². The summed E-state index contributed by atoms with van der Waals surface area (Å²) in [6.07, 6.45) is 2.39. The molecule has 2 aliphatic heterocycles. The van der Waals surface area contributed by atoms with E-state index in [9.17, 15) is 5.11 Å². The summed E-state index contributed by atoms with van der Waals surface area (Å²) in [5.41, 5.74) is 4.67. The fourth-order valence-electron chi connectivity index (χ4n) is 3.75. The summed E-state index contributed by atoms with van der Waals surface area (Å²) in [4.78, 5) is 0. The zero-order chi connectivity index (χ0) is 15.0. The highest BCUT2D eigenvalue weighted by Gasteiger charge is 2.43. The Morgan fingerprint density at radius 1 is 1.14 bits per heavy atom. The first kappa shape index (κ1) is 15.0. The van der Waals surface area contributed by atoms with Crippen LogP contribution in [0.1, 0.15) is 47.6 Å². The van der Waals surface area contributed by atoms with Crippen LogP contribution in [0.4, 0.5) is 0 Å². The summed E-state index contributed by atoms with van der Waals surface area (Å²) in [6, 6.07) is 4.34. The Morgan fingerprint density at radius 3 is 2.62 bits per heavy atom. The van der Waals surface area contributed by atoms with E-state index in [2.05, 4.69) is 32.9 Å². The van der Waals surface area contributed by atoms with Crippen molar-refractivity contribution in [3.05, 3.63) is 34.4 Å². The largest absolute Gasteiger partial charge is 0.388 e. The summed E-state index contributed by atoms with van der Waals surface area (Å²) in [6.45, 7) is 8.53. The second kappa shape index (κ2) is 5.71. The monoisotopic (exact) mass is 290 g/mol. The highest BCUT2D eigenvalue weighted by molar-refractivity contribution is 5.38. The molecule has 0 saturated carbocycles. The Bertz CT molecular complexity index is 517. The van der Waals surface area contributed by atoms with E-state index < -0.39 is 6.10 Å². The average molecular weight is 290 g/mol. The number of hydrogen-bond acceptors (Lipinski definition) is 3. The molecule has 2 fully saturated rings. The summed E-state index contributed by atoms with van der Waals surface area (Å²) in [5, 5.41) is 10.9. The van der Waals surface area contributed by atoms with Crippen LogP contribution in [0, 0.1) is 26.7 Å². The molecule has 3 rings (SSSR count). The number of aliphatic hydroxyl groups excluding tert-OH is 1. The Hall–Kier alpha value is -0.900. The van der Waals surface area contributed by atoms with Crippen molar-refractivity contribution in [1.82, 2.24) is 0 Å². The third-order valence-electron chi connectivity index (χ3n) is 5.25. The van der Waals surface area contributed by atoms with Crippen molar-refractivity contribution >= 4 is 0 Å². The maximum atomic E-state index is 10.9. The van der Waals surface area contributed by atoms with Crippen molar-refractivity contribution in [2.45, 2.75) is 51.7 Å². The average Bonchev–Trinajstić information content (AvgIpc) is 2.90. The van der Waals surface area contributed by atoms with Crippen molar-refractivity contribution in [3.8, 4) is 0 Å². The molecule has 3 nitrogen and oxygen atoms in total. The molecule has 1 aromatic rings. The number of benzene rings is 1. The minimum atomic E-state index is -0.398.